The van der Waals surface area contributed by atoms with Gasteiger partial charge in [0.2, 0.25) is 5.76 Å². The topological polar surface area (TPSA) is 130 Å². The Hall–Kier alpha value is -1.04. The van der Waals surface area contributed by atoms with Gasteiger partial charge in [-0.3, -0.25) is 9.79 Å². The van der Waals surface area contributed by atoms with Crippen LogP contribution in [-0.4, -0.2) is 20.9 Å². The molecule has 5 N–H and O–H groups in total. The molecule has 0 amide bonds. The lowest BCUT2D eigenvalue weighted by molar-refractivity contribution is -0.135. The summed E-state index contributed by atoms with van der Waals surface area (Å²) in [5.41, 5.74) is 4.67. The van der Waals surface area contributed by atoms with E-state index in [1.165, 1.54) is 0 Å². The van der Waals surface area contributed by atoms with Crippen molar-refractivity contribution in [2.75, 3.05) is 0 Å². The molecule has 0 radical (unpaired) electrons. The molecule has 0 aliphatic heterocycles. The molecule has 0 saturated carbocycles. The van der Waals surface area contributed by atoms with Crippen LogP contribution in [0.15, 0.2) is 12.0 Å². The molecular weight excluding hydrogens is 177 g/mol. The van der Waals surface area contributed by atoms with Gasteiger partial charge in [-0.2, -0.15) is 0 Å². The summed E-state index contributed by atoms with van der Waals surface area (Å²) in [5, 5.41) is 8.12. The predicted molar refractivity (Wildman–Crippen MR) is 33.0 cm³/mol. The first-order chi connectivity index (χ1) is 4.87. The Morgan fingerprint density at radius 3 is 2.09 bits per heavy atom. The number of phosphoric acid groups is 1. The van der Waals surface area contributed by atoms with Gasteiger partial charge in [0, 0.05) is 6.20 Å². The maximum absolute atomic E-state index is 10.0. The van der Waals surface area contributed by atoms with Gasteiger partial charge in [0.1, 0.15) is 0 Å². The molecule has 0 atom stereocenters. The quantitative estimate of drug-likeness (QED) is 0.250. The molecule has 0 aromatic rings. The second-order valence-electron chi connectivity index (χ2n) is 1.42. The van der Waals surface area contributed by atoms with Gasteiger partial charge >= 0.3 is 13.8 Å². The van der Waals surface area contributed by atoms with E-state index in [2.05, 4.69) is 10.3 Å². The van der Waals surface area contributed by atoms with Crippen molar-refractivity contribution in [2.45, 2.75) is 0 Å². The molecule has 64 valence electrons. The van der Waals surface area contributed by atoms with Crippen LogP contribution in [0.4, 0.5) is 0 Å². The van der Waals surface area contributed by atoms with Crippen molar-refractivity contribution in [3.8, 4) is 0 Å². The molecule has 7 nitrogen and oxygen atoms in total. The van der Waals surface area contributed by atoms with Crippen molar-refractivity contribution >= 4 is 13.8 Å². The number of rotatable bonds is 3. The molecule has 0 aromatic carbocycles. The minimum atomic E-state index is -4.82. The van der Waals surface area contributed by atoms with E-state index in [0.717, 1.165) is 0 Å². The van der Waals surface area contributed by atoms with E-state index in [1.807, 2.05) is 0 Å². The van der Waals surface area contributed by atoms with Crippen molar-refractivity contribution in [2.24, 2.45) is 5.73 Å². The summed E-state index contributed by atoms with van der Waals surface area (Å²) in [6.07, 6.45) is 0.446. The molecule has 8 heteroatoms. The zero-order valence-corrected chi connectivity index (χ0v) is 6.06. The normalized spacial score (nSPS) is 12.7. The van der Waals surface area contributed by atoms with Crippen LogP contribution in [0.2, 0.25) is 0 Å². The highest BCUT2D eigenvalue weighted by atomic mass is 31.2. The average molecular weight is 183 g/mol. The van der Waals surface area contributed by atoms with Gasteiger partial charge in [0.25, 0.3) is 0 Å². The summed E-state index contributed by atoms with van der Waals surface area (Å²) in [6, 6.07) is 0. The highest BCUT2D eigenvalue weighted by Crippen LogP contribution is 2.38. The van der Waals surface area contributed by atoms with Crippen LogP contribution in [-0.2, 0) is 13.9 Å². The largest absolute Gasteiger partial charge is 0.525 e. The van der Waals surface area contributed by atoms with Crippen molar-refractivity contribution in [1.82, 2.24) is 0 Å². The summed E-state index contributed by atoms with van der Waals surface area (Å²) in [6.45, 7) is 0. The van der Waals surface area contributed by atoms with Crippen molar-refractivity contribution in [3.63, 3.8) is 0 Å². The highest BCUT2D eigenvalue weighted by Gasteiger charge is 2.21. The Balaban J connectivity index is 4.37. The van der Waals surface area contributed by atoms with Crippen LogP contribution in [0.1, 0.15) is 0 Å². The molecule has 0 aliphatic carbocycles. The maximum Gasteiger partial charge on any atom is 0.525 e. The summed E-state index contributed by atoms with van der Waals surface area (Å²) in [5.74, 6) is -2.63. The van der Waals surface area contributed by atoms with Crippen LogP contribution in [0.25, 0.3) is 0 Å². The number of carboxylic acids is 1. The molecule has 0 saturated heterocycles. The maximum atomic E-state index is 10.0. The molecule has 0 spiro atoms. The smallest absolute Gasteiger partial charge is 0.475 e. The molecule has 0 bridgehead atoms. The number of aliphatic carboxylic acids is 1. The first-order valence-electron chi connectivity index (χ1n) is 2.27. The Bertz CT molecular complexity index is 228. The van der Waals surface area contributed by atoms with Crippen molar-refractivity contribution < 1.29 is 28.8 Å². The van der Waals surface area contributed by atoms with E-state index in [9.17, 15) is 9.36 Å². The lowest BCUT2D eigenvalue weighted by atomic mass is 10.6. The summed E-state index contributed by atoms with van der Waals surface area (Å²) in [7, 11) is -4.82. The fourth-order valence-electron chi connectivity index (χ4n) is 0.269. The van der Waals surface area contributed by atoms with E-state index in [0.29, 0.717) is 6.20 Å². The number of phosphoric ester groups is 1. The van der Waals surface area contributed by atoms with Gasteiger partial charge in [-0.15, -0.1) is 0 Å². The zero-order valence-electron chi connectivity index (χ0n) is 5.17. The molecule has 0 aliphatic rings. The minimum Gasteiger partial charge on any atom is -0.475 e. The molecule has 0 rings (SSSR count). The SMILES string of the molecule is N/C=C(/OP(=O)(O)O)C(=O)O. The fourth-order valence-corrected chi connectivity index (χ4v) is 0.664. The third-order valence-electron chi connectivity index (χ3n) is 0.579. The monoisotopic (exact) mass is 183 g/mol. The van der Waals surface area contributed by atoms with Gasteiger partial charge in [-0.25, -0.2) is 9.36 Å². The van der Waals surface area contributed by atoms with E-state index in [4.69, 9.17) is 14.9 Å². The number of carbonyl (C=O) groups is 1. The van der Waals surface area contributed by atoms with Gasteiger partial charge in [0.15, 0.2) is 0 Å². The summed E-state index contributed by atoms with van der Waals surface area (Å²) in [4.78, 5) is 26.2. The average Bonchev–Trinajstić information content (AvgIpc) is 1.80. The number of hydrogen-bond acceptors (Lipinski definition) is 4. The van der Waals surface area contributed by atoms with Gasteiger partial charge in [-0.05, 0) is 0 Å². The lowest BCUT2D eigenvalue weighted by Gasteiger charge is -2.04. The van der Waals surface area contributed by atoms with Crippen molar-refractivity contribution in [3.05, 3.63) is 12.0 Å². The highest BCUT2D eigenvalue weighted by molar-refractivity contribution is 7.46. The van der Waals surface area contributed by atoms with Gasteiger partial charge < -0.3 is 15.4 Å². The summed E-state index contributed by atoms with van der Waals surface area (Å²) >= 11 is 0. The van der Waals surface area contributed by atoms with Crippen LogP contribution in [0, 0.1) is 0 Å². The summed E-state index contributed by atoms with van der Waals surface area (Å²) < 4.78 is 13.7. The predicted octanol–water partition coefficient (Wildman–Crippen LogP) is -1.02. The first kappa shape index (κ1) is 9.96. The molecule has 0 heterocycles. The van der Waals surface area contributed by atoms with Crippen LogP contribution >= 0.6 is 7.82 Å². The zero-order chi connectivity index (χ0) is 9.07. The lowest BCUT2D eigenvalue weighted by Crippen LogP contribution is -2.05. The minimum absolute atomic E-state index is 0.446. The fraction of sp³-hybridized carbons (Fsp3) is 0. The van der Waals surface area contributed by atoms with Gasteiger partial charge in [-0.1, -0.05) is 0 Å². The molecular formula is C3H6NO6P. The molecule has 11 heavy (non-hydrogen) atoms. The molecule has 0 fully saturated rings. The van der Waals surface area contributed by atoms with Gasteiger partial charge in [0.05, 0.1) is 0 Å². The van der Waals surface area contributed by atoms with E-state index in [1.54, 1.807) is 0 Å². The number of nitrogens with two attached hydrogens (primary N) is 1. The first-order valence-corrected chi connectivity index (χ1v) is 3.80. The van der Waals surface area contributed by atoms with E-state index >= 15 is 0 Å². The third-order valence-corrected chi connectivity index (χ3v) is 1.01. The molecule has 0 unspecified atom stereocenters. The number of carboxylic acid groups (broad SMARTS) is 1. The van der Waals surface area contributed by atoms with Crippen LogP contribution < -0.4 is 5.73 Å². The Kier molecular flexibility index (Phi) is 3.06. The third kappa shape index (κ3) is 4.38. The van der Waals surface area contributed by atoms with Crippen LogP contribution in [0.5, 0.6) is 0 Å². The Morgan fingerprint density at radius 1 is 1.55 bits per heavy atom. The number of hydrogen-bond donors (Lipinski definition) is 4. The standard InChI is InChI=1S/C3H6NO6P/c4-1-2(3(5)6)10-11(7,8)9/h1H,4H2,(H,5,6)(H2,7,8,9)/b2-1+. The van der Waals surface area contributed by atoms with E-state index < -0.39 is 19.6 Å². The molecule has 0 aromatic heterocycles. The van der Waals surface area contributed by atoms with Crippen molar-refractivity contribution in [1.29, 1.82) is 0 Å². The second kappa shape index (κ2) is 3.38. The van der Waals surface area contributed by atoms with E-state index in [-0.39, 0.29) is 0 Å². The van der Waals surface area contributed by atoms with Crippen LogP contribution in [0.3, 0.4) is 0 Å². The Labute approximate surface area is 61.3 Å². The second-order valence-corrected chi connectivity index (χ2v) is 2.58. The Morgan fingerprint density at radius 2 is 2.00 bits per heavy atom.